The van der Waals surface area contributed by atoms with Gasteiger partial charge in [-0.05, 0) is 48.9 Å². The number of hydroxylamine groups is 2. The van der Waals surface area contributed by atoms with E-state index in [1.807, 2.05) is 0 Å². The zero-order chi connectivity index (χ0) is 21.9. The van der Waals surface area contributed by atoms with Crippen LogP contribution >= 0.6 is 11.6 Å². The topological polar surface area (TPSA) is 83.5 Å². The molecule has 30 heavy (non-hydrogen) atoms. The zero-order valence-corrected chi connectivity index (χ0v) is 17.9. The van der Waals surface area contributed by atoms with E-state index < -0.39 is 17.4 Å². The number of esters is 1. The Morgan fingerprint density at radius 3 is 2.33 bits per heavy atom. The first-order valence-electron chi connectivity index (χ1n) is 9.20. The first-order chi connectivity index (χ1) is 14.2. The van der Waals surface area contributed by atoms with Crippen LogP contribution < -0.4 is 10.2 Å². The van der Waals surface area contributed by atoms with Gasteiger partial charge in [0.15, 0.2) is 0 Å². The summed E-state index contributed by atoms with van der Waals surface area (Å²) in [5.41, 5.74) is 0.591. The van der Waals surface area contributed by atoms with Crippen LogP contribution in [0.5, 0.6) is 5.75 Å². The van der Waals surface area contributed by atoms with E-state index in [1.165, 1.54) is 12.1 Å². The number of hydrazone groups is 1. The largest absolute Gasteiger partial charge is 0.468 e. The minimum absolute atomic E-state index is 0.0469. The maximum atomic E-state index is 12.8. The number of halogens is 1. The lowest BCUT2D eigenvalue weighted by molar-refractivity contribution is -0.147. The predicted octanol–water partition coefficient (Wildman–Crippen LogP) is 3.63. The van der Waals surface area contributed by atoms with Crippen molar-refractivity contribution >= 4 is 35.0 Å². The monoisotopic (exact) mass is 430 g/mol. The second-order valence-electron chi connectivity index (χ2n) is 7.20. The van der Waals surface area contributed by atoms with Gasteiger partial charge in [-0.2, -0.15) is 10.2 Å². The molecule has 2 aromatic rings. The van der Waals surface area contributed by atoms with E-state index in [9.17, 15) is 9.59 Å². The summed E-state index contributed by atoms with van der Waals surface area (Å²) < 4.78 is 4.98. The first-order valence-corrected chi connectivity index (χ1v) is 9.58. The molecule has 1 atom stereocenters. The molecule has 1 heterocycles. The van der Waals surface area contributed by atoms with Crippen molar-refractivity contribution in [3.63, 3.8) is 0 Å². The number of methoxy groups -OCH3 is 1. The highest BCUT2D eigenvalue weighted by Crippen LogP contribution is 2.33. The number of carbonyl (C=O) groups is 2. The van der Waals surface area contributed by atoms with E-state index in [0.717, 1.165) is 0 Å². The first kappa shape index (κ1) is 21.6. The van der Waals surface area contributed by atoms with Crippen LogP contribution in [0.1, 0.15) is 12.5 Å². The van der Waals surface area contributed by atoms with E-state index >= 15 is 0 Å². The quantitative estimate of drug-likeness (QED) is 0.578. The number of nitrogens with one attached hydrogen (secondary N) is 1. The van der Waals surface area contributed by atoms with Crippen molar-refractivity contribution in [2.45, 2.75) is 6.92 Å². The van der Waals surface area contributed by atoms with Gasteiger partial charge in [0.2, 0.25) is 0 Å². The Kier molecular flexibility index (Phi) is 6.28. The number of benzene rings is 2. The van der Waals surface area contributed by atoms with E-state index in [0.29, 0.717) is 27.7 Å². The van der Waals surface area contributed by atoms with Crippen LogP contribution in [0.25, 0.3) is 0 Å². The van der Waals surface area contributed by atoms with Gasteiger partial charge in [-0.1, -0.05) is 23.7 Å². The van der Waals surface area contributed by atoms with E-state index in [1.54, 1.807) is 74.6 Å². The van der Waals surface area contributed by atoms with Crippen LogP contribution in [0.15, 0.2) is 53.6 Å². The molecule has 1 aliphatic heterocycles. The Morgan fingerprint density at radius 2 is 1.77 bits per heavy atom. The van der Waals surface area contributed by atoms with E-state index in [-0.39, 0.29) is 6.54 Å². The van der Waals surface area contributed by atoms with Crippen LogP contribution in [0.3, 0.4) is 0 Å². The van der Waals surface area contributed by atoms with E-state index in [4.69, 9.17) is 21.2 Å². The third kappa shape index (κ3) is 4.55. The standard InChI is InChI=1S/C21H23ClN4O4/c1-21(19(27)29-4)13-26(24-18(21)14-5-7-15(22)8-6-14)20(28)23-16-9-11-17(12-10-16)30-25(2)3/h5-12H,13H2,1-4H3,(H,23,28). The highest BCUT2D eigenvalue weighted by molar-refractivity contribution is 6.30. The summed E-state index contributed by atoms with van der Waals surface area (Å²) in [6, 6.07) is 13.4. The van der Waals surface area contributed by atoms with Gasteiger partial charge in [0, 0.05) is 24.8 Å². The number of urea groups is 1. The van der Waals surface area contributed by atoms with Crippen molar-refractivity contribution < 1.29 is 19.2 Å². The summed E-state index contributed by atoms with van der Waals surface area (Å²) in [7, 11) is 4.86. The molecule has 0 saturated heterocycles. The lowest BCUT2D eigenvalue weighted by atomic mass is 9.82. The number of nitrogens with zero attached hydrogens (tertiary/aromatic N) is 3. The summed E-state index contributed by atoms with van der Waals surface area (Å²) in [4.78, 5) is 30.8. The molecule has 3 rings (SSSR count). The SMILES string of the molecule is COC(=O)C1(C)CN(C(=O)Nc2ccc(ON(C)C)cc2)N=C1c1ccc(Cl)cc1. The molecule has 0 fully saturated rings. The molecule has 0 spiro atoms. The third-order valence-corrected chi connectivity index (χ3v) is 4.84. The summed E-state index contributed by atoms with van der Waals surface area (Å²) in [5, 5.41) is 10.6. The Morgan fingerprint density at radius 1 is 1.13 bits per heavy atom. The fraction of sp³-hybridized carbons (Fsp3) is 0.286. The molecule has 0 saturated carbocycles. The zero-order valence-electron chi connectivity index (χ0n) is 17.2. The van der Waals surface area contributed by atoms with Crippen LogP contribution in [0.2, 0.25) is 5.02 Å². The Labute approximate surface area is 180 Å². The van der Waals surface area contributed by atoms with Gasteiger partial charge >= 0.3 is 12.0 Å². The average molecular weight is 431 g/mol. The Balaban J connectivity index is 1.82. The second kappa shape index (κ2) is 8.73. The Hall–Kier alpha value is -3.10. The highest BCUT2D eigenvalue weighted by atomic mass is 35.5. The Bertz CT molecular complexity index is 960. The van der Waals surface area contributed by atoms with Crippen molar-refractivity contribution in [1.29, 1.82) is 0 Å². The third-order valence-electron chi connectivity index (χ3n) is 4.59. The molecule has 2 amide bonds. The van der Waals surface area contributed by atoms with Gasteiger partial charge in [-0.25, -0.2) is 9.80 Å². The minimum Gasteiger partial charge on any atom is -0.468 e. The molecule has 9 heteroatoms. The number of anilines is 1. The number of carbonyl (C=O) groups excluding carboxylic acids is 2. The smallest absolute Gasteiger partial charge is 0.342 e. The van der Waals surface area contributed by atoms with Crippen LogP contribution in [-0.2, 0) is 9.53 Å². The molecule has 8 nitrogen and oxygen atoms in total. The second-order valence-corrected chi connectivity index (χ2v) is 7.63. The normalized spacial score (nSPS) is 18.2. The van der Waals surface area contributed by atoms with Gasteiger partial charge in [0.05, 0.1) is 19.4 Å². The molecule has 0 aromatic heterocycles. The van der Waals surface area contributed by atoms with Gasteiger partial charge in [0.1, 0.15) is 11.2 Å². The van der Waals surface area contributed by atoms with Crippen LogP contribution in [0, 0.1) is 5.41 Å². The fourth-order valence-corrected chi connectivity index (χ4v) is 3.25. The van der Waals surface area contributed by atoms with Crippen molar-refractivity contribution in [1.82, 2.24) is 10.1 Å². The summed E-state index contributed by atoms with van der Waals surface area (Å²) in [6.45, 7) is 1.75. The molecular formula is C21H23ClN4O4. The summed E-state index contributed by atoms with van der Waals surface area (Å²) >= 11 is 5.97. The average Bonchev–Trinajstić information content (AvgIpc) is 3.08. The van der Waals surface area contributed by atoms with E-state index in [2.05, 4.69) is 10.4 Å². The van der Waals surface area contributed by atoms with Crippen LogP contribution in [-0.4, -0.2) is 55.5 Å². The molecule has 0 aliphatic carbocycles. The van der Waals surface area contributed by atoms with Crippen molar-refractivity contribution in [2.24, 2.45) is 10.5 Å². The van der Waals surface area contributed by atoms with Crippen molar-refractivity contribution in [2.75, 3.05) is 33.1 Å². The summed E-state index contributed by atoms with van der Waals surface area (Å²) in [5.74, 6) is 0.164. The molecular weight excluding hydrogens is 408 g/mol. The predicted molar refractivity (Wildman–Crippen MR) is 115 cm³/mol. The van der Waals surface area contributed by atoms with Gasteiger partial charge in [-0.3, -0.25) is 4.79 Å². The van der Waals surface area contributed by atoms with Gasteiger partial charge in [0.25, 0.3) is 0 Å². The minimum atomic E-state index is -1.11. The molecule has 2 aromatic carbocycles. The molecule has 1 N–H and O–H groups in total. The number of amides is 2. The number of hydrogen-bond donors (Lipinski definition) is 1. The maximum Gasteiger partial charge on any atom is 0.342 e. The molecule has 0 bridgehead atoms. The van der Waals surface area contributed by atoms with Crippen LogP contribution in [0.4, 0.5) is 10.5 Å². The van der Waals surface area contributed by atoms with Crippen molar-refractivity contribution in [3.8, 4) is 5.75 Å². The molecule has 1 unspecified atom stereocenters. The molecule has 0 radical (unpaired) electrons. The number of ether oxygens (including phenoxy) is 1. The van der Waals surface area contributed by atoms with Crippen molar-refractivity contribution in [3.05, 3.63) is 59.1 Å². The summed E-state index contributed by atoms with van der Waals surface area (Å²) in [6.07, 6.45) is 0. The lowest BCUT2D eigenvalue weighted by Gasteiger charge is -2.23. The number of hydrogen-bond acceptors (Lipinski definition) is 6. The molecule has 158 valence electrons. The number of rotatable bonds is 5. The lowest BCUT2D eigenvalue weighted by Crippen LogP contribution is -2.42. The highest BCUT2D eigenvalue weighted by Gasteiger charge is 2.48. The molecule has 1 aliphatic rings. The fourth-order valence-electron chi connectivity index (χ4n) is 3.13. The maximum absolute atomic E-state index is 12.8. The van der Waals surface area contributed by atoms with Gasteiger partial charge in [-0.15, -0.1) is 0 Å². The van der Waals surface area contributed by atoms with Gasteiger partial charge < -0.3 is 14.9 Å².